The van der Waals surface area contributed by atoms with Gasteiger partial charge in [0.2, 0.25) is 0 Å². The van der Waals surface area contributed by atoms with E-state index in [0.29, 0.717) is 6.04 Å². The van der Waals surface area contributed by atoms with Crippen LogP contribution in [0.5, 0.6) is 0 Å². The van der Waals surface area contributed by atoms with Crippen LogP contribution in [0.1, 0.15) is 30.9 Å². The molecule has 0 aliphatic carbocycles. The predicted octanol–water partition coefficient (Wildman–Crippen LogP) is 4.99. The summed E-state index contributed by atoms with van der Waals surface area (Å²) in [6.07, 6.45) is 4.58. The van der Waals surface area contributed by atoms with E-state index in [1.54, 1.807) is 0 Å². The standard InChI is InChI=1S/C19H24BrN/c1-2-13-21-19(12-11-16-7-4-3-5-8-16)15-17-9-6-10-18(20)14-17/h3-10,14,19,21H,2,11-13,15H2,1H3. The molecular weight excluding hydrogens is 322 g/mol. The van der Waals surface area contributed by atoms with Crippen molar-refractivity contribution in [1.29, 1.82) is 0 Å². The fourth-order valence-corrected chi connectivity index (χ4v) is 3.01. The van der Waals surface area contributed by atoms with Crippen LogP contribution in [0.2, 0.25) is 0 Å². The van der Waals surface area contributed by atoms with Crippen molar-refractivity contribution in [2.75, 3.05) is 6.54 Å². The lowest BCUT2D eigenvalue weighted by atomic mass is 9.99. The van der Waals surface area contributed by atoms with Crippen LogP contribution >= 0.6 is 15.9 Å². The summed E-state index contributed by atoms with van der Waals surface area (Å²) in [5, 5.41) is 3.69. The SMILES string of the molecule is CCCNC(CCc1ccccc1)Cc1cccc(Br)c1. The highest BCUT2D eigenvalue weighted by molar-refractivity contribution is 9.10. The van der Waals surface area contributed by atoms with Gasteiger partial charge in [0, 0.05) is 10.5 Å². The van der Waals surface area contributed by atoms with Crippen LogP contribution in [-0.4, -0.2) is 12.6 Å². The monoisotopic (exact) mass is 345 g/mol. The molecule has 0 radical (unpaired) electrons. The van der Waals surface area contributed by atoms with Crippen molar-refractivity contribution in [2.45, 2.75) is 38.6 Å². The molecule has 0 spiro atoms. The minimum absolute atomic E-state index is 0.541. The first-order chi connectivity index (χ1) is 10.3. The molecule has 21 heavy (non-hydrogen) atoms. The van der Waals surface area contributed by atoms with Crippen LogP contribution in [-0.2, 0) is 12.8 Å². The van der Waals surface area contributed by atoms with E-state index >= 15 is 0 Å². The molecule has 1 unspecified atom stereocenters. The maximum Gasteiger partial charge on any atom is 0.0178 e. The Bertz CT molecular complexity index is 524. The molecule has 2 aromatic carbocycles. The van der Waals surface area contributed by atoms with Crippen LogP contribution < -0.4 is 5.32 Å². The van der Waals surface area contributed by atoms with Gasteiger partial charge >= 0.3 is 0 Å². The van der Waals surface area contributed by atoms with Crippen LogP contribution in [0.3, 0.4) is 0 Å². The van der Waals surface area contributed by atoms with Gasteiger partial charge in [0.05, 0.1) is 0 Å². The lowest BCUT2D eigenvalue weighted by molar-refractivity contribution is 0.477. The molecule has 0 saturated carbocycles. The van der Waals surface area contributed by atoms with Crippen molar-refractivity contribution in [3.63, 3.8) is 0 Å². The highest BCUT2D eigenvalue weighted by atomic mass is 79.9. The molecule has 0 heterocycles. The van der Waals surface area contributed by atoms with Crippen molar-refractivity contribution in [1.82, 2.24) is 5.32 Å². The third-order valence-electron chi connectivity index (χ3n) is 3.68. The molecular formula is C19H24BrN. The van der Waals surface area contributed by atoms with Crippen molar-refractivity contribution >= 4 is 15.9 Å². The number of hydrogen-bond acceptors (Lipinski definition) is 1. The molecule has 112 valence electrons. The predicted molar refractivity (Wildman–Crippen MR) is 94.7 cm³/mol. The van der Waals surface area contributed by atoms with Gasteiger partial charge < -0.3 is 5.32 Å². The second-order valence-electron chi connectivity index (χ2n) is 5.51. The number of nitrogens with one attached hydrogen (secondary N) is 1. The average molecular weight is 346 g/mol. The van der Waals surface area contributed by atoms with Gasteiger partial charge in [0.25, 0.3) is 0 Å². The first-order valence-corrected chi connectivity index (χ1v) is 8.59. The smallest absolute Gasteiger partial charge is 0.0178 e. The van der Waals surface area contributed by atoms with Gasteiger partial charge in [-0.3, -0.25) is 0 Å². The average Bonchev–Trinajstić information content (AvgIpc) is 2.51. The summed E-state index contributed by atoms with van der Waals surface area (Å²) in [6.45, 7) is 3.31. The molecule has 0 saturated heterocycles. The molecule has 0 aromatic heterocycles. The zero-order valence-electron chi connectivity index (χ0n) is 12.7. The molecule has 2 heteroatoms. The minimum Gasteiger partial charge on any atom is -0.314 e. The fourth-order valence-electron chi connectivity index (χ4n) is 2.56. The van der Waals surface area contributed by atoms with E-state index in [9.17, 15) is 0 Å². The number of aryl methyl sites for hydroxylation is 1. The second kappa shape index (κ2) is 9.01. The zero-order valence-corrected chi connectivity index (χ0v) is 14.3. The number of rotatable bonds is 8. The molecule has 1 N–H and O–H groups in total. The number of halogens is 1. The fraction of sp³-hybridized carbons (Fsp3) is 0.368. The maximum atomic E-state index is 3.69. The summed E-state index contributed by atoms with van der Waals surface area (Å²) in [7, 11) is 0. The molecule has 0 amide bonds. The Labute approximate surface area is 136 Å². The van der Waals surface area contributed by atoms with Crippen LogP contribution in [0, 0.1) is 0 Å². The van der Waals surface area contributed by atoms with Gasteiger partial charge in [-0.1, -0.05) is 65.3 Å². The lowest BCUT2D eigenvalue weighted by Crippen LogP contribution is -2.32. The first kappa shape index (κ1) is 16.3. The molecule has 0 aliphatic heterocycles. The summed E-state index contributed by atoms with van der Waals surface area (Å²) >= 11 is 3.56. The van der Waals surface area contributed by atoms with Gasteiger partial charge in [0.1, 0.15) is 0 Å². The summed E-state index contributed by atoms with van der Waals surface area (Å²) in [5.41, 5.74) is 2.82. The molecule has 2 rings (SSSR count). The van der Waals surface area contributed by atoms with E-state index in [0.717, 1.165) is 23.9 Å². The third-order valence-corrected chi connectivity index (χ3v) is 4.17. The van der Waals surface area contributed by atoms with Gasteiger partial charge in [-0.05, 0) is 55.5 Å². The summed E-state index contributed by atoms with van der Waals surface area (Å²) in [5.74, 6) is 0. The Kier molecular flexibility index (Phi) is 6.98. The highest BCUT2D eigenvalue weighted by Crippen LogP contribution is 2.15. The van der Waals surface area contributed by atoms with E-state index < -0.39 is 0 Å². The largest absolute Gasteiger partial charge is 0.314 e. The van der Waals surface area contributed by atoms with Gasteiger partial charge in [-0.2, -0.15) is 0 Å². The Morgan fingerprint density at radius 1 is 1.00 bits per heavy atom. The Morgan fingerprint density at radius 2 is 1.76 bits per heavy atom. The number of hydrogen-bond donors (Lipinski definition) is 1. The van der Waals surface area contributed by atoms with Crippen LogP contribution in [0.15, 0.2) is 59.1 Å². The molecule has 1 atom stereocenters. The molecule has 1 nitrogen and oxygen atoms in total. The Morgan fingerprint density at radius 3 is 2.48 bits per heavy atom. The van der Waals surface area contributed by atoms with Crippen molar-refractivity contribution in [2.24, 2.45) is 0 Å². The Hall–Kier alpha value is -1.12. The topological polar surface area (TPSA) is 12.0 Å². The normalized spacial score (nSPS) is 12.3. The minimum atomic E-state index is 0.541. The van der Waals surface area contributed by atoms with Crippen LogP contribution in [0.4, 0.5) is 0 Å². The third kappa shape index (κ3) is 6.03. The Balaban J connectivity index is 1.94. The van der Waals surface area contributed by atoms with Crippen molar-refractivity contribution in [3.8, 4) is 0 Å². The maximum absolute atomic E-state index is 3.69. The van der Waals surface area contributed by atoms with E-state index in [1.165, 1.54) is 24.0 Å². The summed E-state index contributed by atoms with van der Waals surface area (Å²) in [4.78, 5) is 0. The van der Waals surface area contributed by atoms with Gasteiger partial charge in [0.15, 0.2) is 0 Å². The second-order valence-corrected chi connectivity index (χ2v) is 6.43. The lowest BCUT2D eigenvalue weighted by Gasteiger charge is -2.19. The highest BCUT2D eigenvalue weighted by Gasteiger charge is 2.09. The molecule has 0 aliphatic rings. The molecule has 2 aromatic rings. The molecule has 0 bridgehead atoms. The quantitative estimate of drug-likeness (QED) is 0.710. The number of benzene rings is 2. The van der Waals surface area contributed by atoms with E-state index in [2.05, 4.69) is 82.8 Å². The van der Waals surface area contributed by atoms with Crippen molar-refractivity contribution in [3.05, 3.63) is 70.2 Å². The van der Waals surface area contributed by atoms with Crippen LogP contribution in [0.25, 0.3) is 0 Å². The van der Waals surface area contributed by atoms with E-state index in [1.807, 2.05) is 0 Å². The van der Waals surface area contributed by atoms with Gasteiger partial charge in [-0.15, -0.1) is 0 Å². The van der Waals surface area contributed by atoms with E-state index in [-0.39, 0.29) is 0 Å². The summed E-state index contributed by atoms with van der Waals surface area (Å²) < 4.78 is 1.16. The molecule has 0 fully saturated rings. The summed E-state index contributed by atoms with van der Waals surface area (Å²) in [6, 6.07) is 20.0. The van der Waals surface area contributed by atoms with E-state index in [4.69, 9.17) is 0 Å². The van der Waals surface area contributed by atoms with Crippen molar-refractivity contribution < 1.29 is 0 Å². The van der Waals surface area contributed by atoms with Gasteiger partial charge in [-0.25, -0.2) is 0 Å². The first-order valence-electron chi connectivity index (χ1n) is 7.79. The zero-order chi connectivity index (χ0) is 14.9.